The molecule has 0 heterocycles. The molecule has 2 heteroatoms. The summed E-state index contributed by atoms with van der Waals surface area (Å²) in [7, 11) is 0. The lowest BCUT2D eigenvalue weighted by molar-refractivity contribution is 0.457. The van der Waals surface area contributed by atoms with Gasteiger partial charge in [0, 0.05) is 4.83 Å². The molecule has 0 bridgehead atoms. The van der Waals surface area contributed by atoms with E-state index in [4.69, 9.17) is 0 Å². The first-order valence-corrected chi connectivity index (χ1v) is 7.07. The summed E-state index contributed by atoms with van der Waals surface area (Å²) >= 11 is 3.76. The second-order valence-corrected chi connectivity index (χ2v) is 7.41. The van der Waals surface area contributed by atoms with E-state index in [1.807, 2.05) is 12.1 Å². The Morgan fingerprint density at radius 2 is 1.71 bits per heavy atom. The van der Waals surface area contributed by atoms with Crippen molar-refractivity contribution < 1.29 is 4.39 Å². The van der Waals surface area contributed by atoms with Gasteiger partial charge < -0.3 is 0 Å². The van der Waals surface area contributed by atoms with Crippen LogP contribution in [0.4, 0.5) is 4.39 Å². The molecule has 1 aromatic rings. The Kier molecular flexibility index (Phi) is 3.14. The summed E-state index contributed by atoms with van der Waals surface area (Å²) < 4.78 is 13.6. The average molecular weight is 299 g/mol. The molecule has 0 N–H and O–H groups in total. The van der Waals surface area contributed by atoms with Gasteiger partial charge in [-0.05, 0) is 34.8 Å². The second kappa shape index (κ2) is 4.08. The molecule has 1 unspecified atom stereocenters. The van der Waals surface area contributed by atoms with Gasteiger partial charge in [0.25, 0.3) is 0 Å². The lowest BCUT2D eigenvalue weighted by atomic mass is 10.0. The van der Waals surface area contributed by atoms with Crippen LogP contribution in [0.25, 0.3) is 0 Å². The lowest BCUT2D eigenvalue weighted by Gasteiger charge is -2.12. The Bertz CT molecular complexity index is 409. The molecular formula is C15H20BrF. The minimum absolute atomic E-state index is 0.0896. The minimum Gasteiger partial charge on any atom is -0.207 e. The third-order valence-corrected chi connectivity index (χ3v) is 5.72. The predicted octanol–water partition coefficient (Wildman–Crippen LogP) is 4.81. The normalized spacial score (nSPS) is 23.4. The molecule has 1 atom stereocenters. The Morgan fingerprint density at radius 3 is 2.18 bits per heavy atom. The molecule has 2 rings (SSSR count). The minimum atomic E-state index is -0.0896. The Labute approximate surface area is 112 Å². The maximum atomic E-state index is 13.6. The highest BCUT2D eigenvalue weighted by molar-refractivity contribution is 9.09. The van der Waals surface area contributed by atoms with Crippen LogP contribution in [-0.2, 0) is 6.42 Å². The summed E-state index contributed by atoms with van der Waals surface area (Å²) in [6.07, 6.45) is 0.768. The maximum Gasteiger partial charge on any atom is 0.126 e. The molecule has 0 saturated heterocycles. The highest BCUT2D eigenvalue weighted by Gasteiger charge is 2.66. The molecule has 1 aliphatic rings. The first-order chi connectivity index (χ1) is 7.78. The van der Waals surface area contributed by atoms with Crippen LogP contribution < -0.4 is 0 Å². The van der Waals surface area contributed by atoms with E-state index in [9.17, 15) is 4.39 Å². The van der Waals surface area contributed by atoms with E-state index >= 15 is 0 Å². The largest absolute Gasteiger partial charge is 0.207 e. The van der Waals surface area contributed by atoms with Crippen molar-refractivity contribution in [2.45, 2.75) is 38.9 Å². The van der Waals surface area contributed by atoms with Crippen molar-refractivity contribution in [2.24, 2.45) is 16.7 Å². The van der Waals surface area contributed by atoms with Crippen LogP contribution in [0.1, 0.15) is 33.3 Å². The quantitative estimate of drug-likeness (QED) is 0.702. The molecule has 17 heavy (non-hydrogen) atoms. The average Bonchev–Trinajstić information content (AvgIpc) is 2.61. The molecule has 1 aliphatic carbocycles. The molecule has 0 radical (unpaired) electrons. The van der Waals surface area contributed by atoms with Crippen LogP contribution in [0.3, 0.4) is 0 Å². The van der Waals surface area contributed by atoms with E-state index in [1.54, 1.807) is 6.07 Å². The molecule has 0 nitrogen and oxygen atoms in total. The van der Waals surface area contributed by atoms with E-state index in [0.717, 1.165) is 12.0 Å². The molecule has 94 valence electrons. The third-order valence-electron chi connectivity index (χ3n) is 4.87. The monoisotopic (exact) mass is 298 g/mol. The van der Waals surface area contributed by atoms with E-state index in [2.05, 4.69) is 43.6 Å². The number of hydrogen-bond donors (Lipinski definition) is 0. The molecule has 0 aromatic heterocycles. The van der Waals surface area contributed by atoms with Crippen molar-refractivity contribution in [3.05, 3.63) is 35.6 Å². The highest BCUT2D eigenvalue weighted by atomic mass is 79.9. The van der Waals surface area contributed by atoms with Crippen molar-refractivity contribution in [1.29, 1.82) is 0 Å². The van der Waals surface area contributed by atoms with Crippen LogP contribution in [0.5, 0.6) is 0 Å². The fourth-order valence-corrected chi connectivity index (χ4v) is 4.81. The lowest BCUT2D eigenvalue weighted by Crippen LogP contribution is -2.11. The van der Waals surface area contributed by atoms with E-state index < -0.39 is 0 Å². The smallest absolute Gasteiger partial charge is 0.126 e. The van der Waals surface area contributed by atoms with Crippen LogP contribution in [-0.4, -0.2) is 4.83 Å². The summed E-state index contributed by atoms with van der Waals surface area (Å²) in [5.74, 6) is 0.516. The van der Waals surface area contributed by atoms with Gasteiger partial charge in [-0.2, -0.15) is 0 Å². The van der Waals surface area contributed by atoms with E-state index in [0.29, 0.717) is 21.6 Å². The van der Waals surface area contributed by atoms with E-state index in [1.165, 1.54) is 6.07 Å². The van der Waals surface area contributed by atoms with Crippen LogP contribution in [0.15, 0.2) is 24.3 Å². The number of benzene rings is 1. The van der Waals surface area contributed by atoms with Gasteiger partial charge in [0.1, 0.15) is 5.82 Å². The number of halogens is 2. The topological polar surface area (TPSA) is 0 Å². The predicted molar refractivity (Wildman–Crippen MR) is 73.9 cm³/mol. The standard InChI is InChI=1S/C15H20BrF/c1-14(2)13(15(14,3)4)11(16)9-10-7-5-6-8-12(10)17/h5-8,11,13H,9H2,1-4H3. The number of hydrogen-bond acceptors (Lipinski definition) is 0. The van der Waals surface area contributed by atoms with Gasteiger partial charge in [-0.25, -0.2) is 4.39 Å². The van der Waals surface area contributed by atoms with Gasteiger partial charge in [0.15, 0.2) is 0 Å². The van der Waals surface area contributed by atoms with Gasteiger partial charge in [-0.3, -0.25) is 0 Å². The summed E-state index contributed by atoms with van der Waals surface area (Å²) in [4.78, 5) is 0.351. The maximum absolute atomic E-state index is 13.6. The highest BCUT2D eigenvalue weighted by Crippen LogP contribution is 2.71. The molecule has 1 fully saturated rings. The van der Waals surface area contributed by atoms with Crippen molar-refractivity contribution >= 4 is 15.9 Å². The summed E-state index contributed by atoms with van der Waals surface area (Å²) in [6.45, 7) is 9.20. The van der Waals surface area contributed by atoms with Crippen LogP contribution in [0.2, 0.25) is 0 Å². The number of alkyl halides is 1. The third kappa shape index (κ3) is 2.05. The first kappa shape index (κ1) is 13.1. The zero-order valence-corrected chi connectivity index (χ0v) is 12.5. The Morgan fingerprint density at radius 1 is 1.18 bits per heavy atom. The molecule has 0 spiro atoms. The molecule has 1 aromatic carbocycles. The van der Waals surface area contributed by atoms with Crippen molar-refractivity contribution in [3.8, 4) is 0 Å². The molecule has 0 amide bonds. The summed E-state index contributed by atoms with van der Waals surface area (Å²) in [5, 5.41) is 0. The second-order valence-electron chi connectivity index (χ2n) is 6.23. The fourth-order valence-electron chi connectivity index (χ4n) is 3.14. The zero-order chi connectivity index (χ0) is 12.8. The van der Waals surface area contributed by atoms with Gasteiger partial charge in [-0.15, -0.1) is 0 Å². The molecule has 0 aliphatic heterocycles. The van der Waals surface area contributed by atoms with Crippen LogP contribution >= 0.6 is 15.9 Å². The number of rotatable bonds is 3. The van der Waals surface area contributed by atoms with Gasteiger partial charge >= 0.3 is 0 Å². The Balaban J connectivity index is 2.10. The summed E-state index contributed by atoms with van der Waals surface area (Å²) in [5.41, 5.74) is 1.49. The first-order valence-electron chi connectivity index (χ1n) is 6.16. The van der Waals surface area contributed by atoms with Gasteiger partial charge in [0.05, 0.1) is 0 Å². The van der Waals surface area contributed by atoms with Gasteiger partial charge in [0.2, 0.25) is 0 Å². The Hall–Kier alpha value is -0.370. The van der Waals surface area contributed by atoms with E-state index in [-0.39, 0.29) is 5.82 Å². The zero-order valence-electron chi connectivity index (χ0n) is 10.9. The summed E-state index contributed by atoms with van der Waals surface area (Å²) in [6, 6.07) is 7.07. The molecule has 1 saturated carbocycles. The molecular weight excluding hydrogens is 279 g/mol. The SMILES string of the molecule is CC1(C)C(C(Br)Cc2ccccc2F)C1(C)C. The van der Waals surface area contributed by atoms with Crippen molar-refractivity contribution in [2.75, 3.05) is 0 Å². The van der Waals surface area contributed by atoms with Crippen molar-refractivity contribution in [1.82, 2.24) is 0 Å². The van der Waals surface area contributed by atoms with Crippen LogP contribution in [0, 0.1) is 22.6 Å². The van der Waals surface area contributed by atoms with Crippen molar-refractivity contribution in [3.63, 3.8) is 0 Å². The fraction of sp³-hybridized carbons (Fsp3) is 0.600. The van der Waals surface area contributed by atoms with Gasteiger partial charge in [-0.1, -0.05) is 61.8 Å².